The first-order valence-electron chi connectivity index (χ1n) is 11.5. The molecule has 0 saturated carbocycles. The van der Waals surface area contributed by atoms with Gasteiger partial charge >= 0.3 is 0 Å². The number of benzene rings is 5. The van der Waals surface area contributed by atoms with E-state index in [1.54, 1.807) is 0 Å². The molecule has 34 heavy (non-hydrogen) atoms. The minimum Gasteiger partial charge on any atom is -1.00 e. The summed E-state index contributed by atoms with van der Waals surface area (Å²) in [6.45, 7) is 0. The standard InChI is InChI=1S/C32H28P.ClH/c1-5-15-27(16-6-1)25-29-19-13-14-24-32(29)33(30-20-9-3-10-21-30,31-22-11-4-12-23-31)26-28-17-7-2-8-18-28;/h1-24H,25-26H2;1H/q+1;/p-1. The van der Waals surface area contributed by atoms with Crippen LogP contribution in [0.15, 0.2) is 146 Å². The molecule has 5 aromatic rings. The van der Waals surface area contributed by atoms with E-state index in [1.165, 1.54) is 32.6 Å². The molecule has 0 atom stereocenters. The van der Waals surface area contributed by atoms with Crippen molar-refractivity contribution >= 4 is 23.2 Å². The largest absolute Gasteiger partial charge is 1.00 e. The Morgan fingerprint density at radius 1 is 0.412 bits per heavy atom. The molecule has 0 radical (unpaired) electrons. The second-order valence-electron chi connectivity index (χ2n) is 8.42. The summed E-state index contributed by atoms with van der Waals surface area (Å²) in [5.74, 6) is 0. The summed E-state index contributed by atoms with van der Waals surface area (Å²) in [5.41, 5.74) is 4.15. The van der Waals surface area contributed by atoms with Crippen molar-refractivity contribution in [1.82, 2.24) is 0 Å². The van der Waals surface area contributed by atoms with E-state index in [9.17, 15) is 0 Å². The first-order chi connectivity index (χ1) is 16.4. The minimum atomic E-state index is -1.95. The van der Waals surface area contributed by atoms with Crippen molar-refractivity contribution in [2.45, 2.75) is 12.6 Å². The van der Waals surface area contributed by atoms with Crippen LogP contribution >= 0.6 is 7.26 Å². The van der Waals surface area contributed by atoms with E-state index in [1.807, 2.05) is 0 Å². The van der Waals surface area contributed by atoms with E-state index in [4.69, 9.17) is 0 Å². The van der Waals surface area contributed by atoms with Crippen LogP contribution < -0.4 is 28.3 Å². The Hall–Kier alpha value is -3.18. The molecule has 0 unspecified atom stereocenters. The lowest BCUT2D eigenvalue weighted by Gasteiger charge is -2.29. The van der Waals surface area contributed by atoms with Gasteiger partial charge in [0.15, 0.2) is 0 Å². The van der Waals surface area contributed by atoms with E-state index >= 15 is 0 Å². The van der Waals surface area contributed by atoms with Crippen LogP contribution in [0.4, 0.5) is 0 Å². The van der Waals surface area contributed by atoms with Gasteiger partial charge in [0, 0.05) is 6.42 Å². The maximum atomic E-state index is 2.38. The molecule has 0 aliphatic rings. The summed E-state index contributed by atoms with van der Waals surface area (Å²) in [4.78, 5) is 0. The molecule has 0 aliphatic heterocycles. The molecular weight excluding hydrogens is 451 g/mol. The molecule has 0 nitrogen and oxygen atoms in total. The van der Waals surface area contributed by atoms with Gasteiger partial charge in [0.25, 0.3) is 0 Å². The first-order valence-corrected chi connectivity index (χ1v) is 13.5. The quantitative estimate of drug-likeness (QED) is 0.312. The molecular formula is C32H28ClP. The van der Waals surface area contributed by atoms with E-state index in [0.717, 1.165) is 12.6 Å². The van der Waals surface area contributed by atoms with Gasteiger partial charge in [-0.25, -0.2) is 0 Å². The van der Waals surface area contributed by atoms with Crippen LogP contribution in [-0.2, 0) is 12.6 Å². The molecule has 0 N–H and O–H groups in total. The fraction of sp³-hybridized carbons (Fsp3) is 0.0625. The van der Waals surface area contributed by atoms with Gasteiger partial charge in [0.05, 0.1) is 6.16 Å². The van der Waals surface area contributed by atoms with Gasteiger partial charge in [-0.15, -0.1) is 0 Å². The first kappa shape index (κ1) is 24.0. The SMILES string of the molecule is [Cl-].c1ccc(Cc2ccccc2[P+](Cc2ccccc2)(c2ccccc2)c2ccccc2)cc1. The van der Waals surface area contributed by atoms with E-state index in [2.05, 4.69) is 146 Å². The highest BCUT2D eigenvalue weighted by atomic mass is 35.5. The van der Waals surface area contributed by atoms with E-state index in [-0.39, 0.29) is 12.4 Å². The lowest BCUT2D eigenvalue weighted by atomic mass is 10.1. The maximum absolute atomic E-state index is 2.38. The average molecular weight is 479 g/mol. The summed E-state index contributed by atoms with van der Waals surface area (Å²) >= 11 is 0. The van der Waals surface area contributed by atoms with Crippen molar-refractivity contribution in [3.8, 4) is 0 Å². The van der Waals surface area contributed by atoms with Gasteiger partial charge in [0.1, 0.15) is 23.2 Å². The lowest BCUT2D eigenvalue weighted by Crippen LogP contribution is -3.00. The highest BCUT2D eigenvalue weighted by Gasteiger charge is 2.46. The van der Waals surface area contributed by atoms with Gasteiger partial charge in [0.2, 0.25) is 0 Å². The van der Waals surface area contributed by atoms with Crippen LogP contribution in [-0.4, -0.2) is 0 Å². The van der Waals surface area contributed by atoms with Crippen molar-refractivity contribution in [3.05, 3.63) is 162 Å². The number of halogens is 1. The zero-order valence-corrected chi connectivity index (χ0v) is 20.7. The fourth-order valence-corrected chi connectivity index (χ4v) is 9.26. The average Bonchev–Trinajstić information content (AvgIpc) is 2.90. The monoisotopic (exact) mass is 478 g/mol. The van der Waals surface area contributed by atoms with Gasteiger partial charge in [-0.1, -0.05) is 115 Å². The zero-order chi connectivity index (χ0) is 22.3. The normalized spacial score (nSPS) is 10.9. The Kier molecular flexibility index (Phi) is 7.96. The molecule has 168 valence electrons. The van der Waals surface area contributed by atoms with Gasteiger partial charge < -0.3 is 12.4 Å². The van der Waals surface area contributed by atoms with Crippen LogP contribution in [0.3, 0.4) is 0 Å². The third-order valence-electron chi connectivity index (χ3n) is 6.30. The van der Waals surface area contributed by atoms with Crippen LogP contribution in [0, 0.1) is 0 Å². The Balaban J connectivity index is 0.00000274. The molecule has 0 heterocycles. The smallest absolute Gasteiger partial charge is 0.116 e. The highest BCUT2D eigenvalue weighted by Crippen LogP contribution is 2.58. The van der Waals surface area contributed by atoms with Crippen molar-refractivity contribution < 1.29 is 12.4 Å². The predicted molar refractivity (Wildman–Crippen MR) is 145 cm³/mol. The third kappa shape index (κ3) is 5.00. The van der Waals surface area contributed by atoms with Gasteiger partial charge in [-0.05, 0) is 47.0 Å². The molecule has 0 spiro atoms. The van der Waals surface area contributed by atoms with Crippen LogP contribution in [0.5, 0.6) is 0 Å². The second-order valence-corrected chi connectivity index (χ2v) is 11.9. The second kappa shape index (κ2) is 11.3. The van der Waals surface area contributed by atoms with Crippen molar-refractivity contribution in [2.24, 2.45) is 0 Å². The van der Waals surface area contributed by atoms with Crippen LogP contribution in [0.2, 0.25) is 0 Å². The maximum Gasteiger partial charge on any atom is 0.116 e. The van der Waals surface area contributed by atoms with Crippen molar-refractivity contribution in [3.63, 3.8) is 0 Å². The Morgan fingerprint density at radius 2 is 0.824 bits per heavy atom. The van der Waals surface area contributed by atoms with Crippen LogP contribution in [0.25, 0.3) is 0 Å². The summed E-state index contributed by atoms with van der Waals surface area (Å²) in [5, 5.41) is 4.34. The third-order valence-corrected chi connectivity index (χ3v) is 10.8. The molecule has 0 fully saturated rings. The summed E-state index contributed by atoms with van der Waals surface area (Å²) < 4.78 is 0. The molecule has 5 rings (SSSR count). The Morgan fingerprint density at radius 3 is 1.35 bits per heavy atom. The zero-order valence-electron chi connectivity index (χ0n) is 19.1. The summed E-state index contributed by atoms with van der Waals surface area (Å²) in [6.07, 6.45) is 1.95. The lowest BCUT2D eigenvalue weighted by molar-refractivity contribution is -0.00000640. The van der Waals surface area contributed by atoms with E-state index < -0.39 is 7.26 Å². The number of hydrogen-bond acceptors (Lipinski definition) is 0. The fourth-order valence-electron chi connectivity index (χ4n) is 4.77. The highest BCUT2D eigenvalue weighted by molar-refractivity contribution is 7.95. The minimum absolute atomic E-state index is 0. The topological polar surface area (TPSA) is 0 Å². The number of rotatable bonds is 7. The molecule has 0 amide bonds. The molecule has 0 aliphatic carbocycles. The summed E-state index contributed by atoms with van der Waals surface area (Å²) in [6, 6.07) is 53.3. The van der Waals surface area contributed by atoms with E-state index in [0.29, 0.717) is 0 Å². The van der Waals surface area contributed by atoms with Crippen LogP contribution in [0.1, 0.15) is 16.7 Å². The molecule has 0 bridgehead atoms. The molecule has 2 heteroatoms. The molecule has 0 aromatic heterocycles. The molecule has 5 aromatic carbocycles. The van der Waals surface area contributed by atoms with Crippen molar-refractivity contribution in [1.29, 1.82) is 0 Å². The van der Waals surface area contributed by atoms with Gasteiger partial charge in [-0.3, -0.25) is 0 Å². The Bertz CT molecular complexity index is 1250. The molecule has 0 saturated heterocycles. The van der Waals surface area contributed by atoms with Crippen molar-refractivity contribution in [2.75, 3.05) is 0 Å². The number of hydrogen-bond donors (Lipinski definition) is 0. The summed E-state index contributed by atoms with van der Waals surface area (Å²) in [7, 11) is -1.95. The van der Waals surface area contributed by atoms with Gasteiger partial charge in [-0.2, -0.15) is 0 Å². The predicted octanol–water partition coefficient (Wildman–Crippen LogP) is 3.78. The Labute approximate surface area is 210 Å².